The van der Waals surface area contributed by atoms with Gasteiger partial charge in [-0.3, -0.25) is 4.79 Å². The summed E-state index contributed by atoms with van der Waals surface area (Å²) in [5, 5.41) is 0.869. The van der Waals surface area contributed by atoms with Gasteiger partial charge in [-0.2, -0.15) is 0 Å². The van der Waals surface area contributed by atoms with Gasteiger partial charge in [0.25, 0.3) is 5.91 Å². The lowest BCUT2D eigenvalue weighted by molar-refractivity contribution is 0.0681. The van der Waals surface area contributed by atoms with E-state index in [9.17, 15) is 17.6 Å². The number of hydrogen-bond acceptors (Lipinski definition) is 3. The average molecular weight is 416 g/mol. The number of sulfone groups is 1. The van der Waals surface area contributed by atoms with Crippen LogP contribution in [0, 0.1) is 5.82 Å². The van der Waals surface area contributed by atoms with Crippen molar-refractivity contribution in [3.8, 4) is 0 Å². The lowest BCUT2D eigenvalue weighted by Gasteiger charge is -2.29. The summed E-state index contributed by atoms with van der Waals surface area (Å²) in [6.07, 6.45) is 0.362. The van der Waals surface area contributed by atoms with Gasteiger partial charge in [-0.15, -0.1) is 0 Å². The molecule has 0 saturated carbocycles. The summed E-state index contributed by atoms with van der Waals surface area (Å²) in [7, 11) is -3.18. The summed E-state index contributed by atoms with van der Waals surface area (Å²) in [6, 6.07) is 9.66. The third kappa shape index (κ3) is 4.37. The highest BCUT2D eigenvalue weighted by molar-refractivity contribution is 7.91. The molecule has 1 fully saturated rings. The van der Waals surface area contributed by atoms with Gasteiger partial charge in [0, 0.05) is 28.2 Å². The van der Waals surface area contributed by atoms with E-state index in [0.717, 1.165) is 0 Å². The normalized spacial score (nSPS) is 18.7. The van der Waals surface area contributed by atoms with E-state index < -0.39 is 21.7 Å². The predicted octanol–water partition coefficient (Wildman–Crippen LogP) is 3.96. The summed E-state index contributed by atoms with van der Waals surface area (Å²) in [5.74, 6) is -0.861. The Kier molecular flexibility index (Phi) is 5.55. The lowest BCUT2D eigenvalue weighted by atomic mass is 10.1. The van der Waals surface area contributed by atoms with E-state index >= 15 is 0 Å². The first-order valence-corrected chi connectivity index (χ1v) is 10.5. The van der Waals surface area contributed by atoms with Crippen LogP contribution in [0.2, 0.25) is 10.0 Å². The number of carbonyl (C=O) groups excluding carboxylic acids is 1. The highest BCUT2D eigenvalue weighted by atomic mass is 35.5. The minimum Gasteiger partial charge on any atom is -0.330 e. The highest BCUT2D eigenvalue weighted by Crippen LogP contribution is 2.27. The first kappa shape index (κ1) is 19.1. The molecule has 138 valence electrons. The van der Waals surface area contributed by atoms with E-state index in [1.807, 2.05) is 0 Å². The average Bonchev–Trinajstić information content (AvgIpc) is 2.94. The molecule has 0 spiro atoms. The van der Waals surface area contributed by atoms with Crippen molar-refractivity contribution in [3.63, 3.8) is 0 Å². The molecule has 1 aliphatic heterocycles. The Morgan fingerprint density at radius 3 is 2.42 bits per heavy atom. The molecule has 1 atom stereocenters. The third-order valence-corrected chi connectivity index (χ3v) is 6.69. The second-order valence-corrected chi connectivity index (χ2v) is 9.30. The zero-order chi connectivity index (χ0) is 18.9. The molecule has 26 heavy (non-hydrogen) atoms. The topological polar surface area (TPSA) is 54.5 Å². The van der Waals surface area contributed by atoms with Gasteiger partial charge in [0.05, 0.1) is 11.5 Å². The summed E-state index contributed by atoms with van der Waals surface area (Å²) in [5.41, 5.74) is 0.955. The molecule has 3 rings (SSSR count). The fourth-order valence-electron chi connectivity index (χ4n) is 2.98. The van der Waals surface area contributed by atoms with Crippen LogP contribution in [-0.2, 0) is 16.4 Å². The quantitative estimate of drug-likeness (QED) is 0.758. The molecular formula is C18H16Cl2FNO3S. The maximum atomic E-state index is 13.2. The van der Waals surface area contributed by atoms with Crippen LogP contribution in [0.15, 0.2) is 42.5 Å². The number of benzene rings is 2. The van der Waals surface area contributed by atoms with Crippen molar-refractivity contribution in [1.82, 2.24) is 4.90 Å². The molecule has 1 heterocycles. The van der Waals surface area contributed by atoms with Gasteiger partial charge in [-0.25, -0.2) is 12.8 Å². The maximum Gasteiger partial charge on any atom is 0.254 e. The number of rotatable bonds is 4. The van der Waals surface area contributed by atoms with E-state index in [0.29, 0.717) is 27.6 Å². The van der Waals surface area contributed by atoms with Crippen LogP contribution in [0.25, 0.3) is 0 Å². The molecule has 0 aliphatic carbocycles. The van der Waals surface area contributed by atoms with Crippen LogP contribution < -0.4 is 0 Å². The van der Waals surface area contributed by atoms with Gasteiger partial charge < -0.3 is 4.90 Å². The van der Waals surface area contributed by atoms with Crippen LogP contribution in [0.5, 0.6) is 0 Å². The zero-order valence-electron chi connectivity index (χ0n) is 13.7. The molecule has 4 nitrogen and oxygen atoms in total. The Hall–Kier alpha value is -1.63. The van der Waals surface area contributed by atoms with E-state index in [4.69, 9.17) is 23.2 Å². The SMILES string of the molecule is O=C(c1ccc(F)cc1)N(Cc1ccc(Cl)cc1Cl)[C@@H]1CCS(=O)(=O)C1. The summed E-state index contributed by atoms with van der Waals surface area (Å²) < 4.78 is 36.9. The fourth-order valence-corrected chi connectivity index (χ4v) is 5.18. The van der Waals surface area contributed by atoms with Crippen molar-refractivity contribution in [2.75, 3.05) is 11.5 Å². The summed E-state index contributed by atoms with van der Waals surface area (Å²) >= 11 is 12.1. The van der Waals surface area contributed by atoms with Crippen LogP contribution in [0.3, 0.4) is 0 Å². The molecule has 0 aromatic heterocycles. The van der Waals surface area contributed by atoms with Crippen LogP contribution in [-0.4, -0.2) is 36.8 Å². The van der Waals surface area contributed by atoms with E-state index in [1.165, 1.54) is 29.2 Å². The van der Waals surface area contributed by atoms with Crippen molar-refractivity contribution in [2.45, 2.75) is 19.0 Å². The van der Waals surface area contributed by atoms with Gasteiger partial charge >= 0.3 is 0 Å². The number of amides is 1. The van der Waals surface area contributed by atoms with Crippen molar-refractivity contribution in [2.24, 2.45) is 0 Å². The van der Waals surface area contributed by atoms with Gasteiger partial charge in [0.15, 0.2) is 9.84 Å². The van der Waals surface area contributed by atoms with Crippen LogP contribution in [0.4, 0.5) is 4.39 Å². The number of carbonyl (C=O) groups is 1. The Labute approximate surface area is 161 Å². The lowest BCUT2D eigenvalue weighted by Crippen LogP contribution is -2.40. The highest BCUT2D eigenvalue weighted by Gasteiger charge is 2.35. The molecule has 0 bridgehead atoms. The van der Waals surface area contributed by atoms with Crippen LogP contribution >= 0.6 is 23.2 Å². The van der Waals surface area contributed by atoms with Gasteiger partial charge in [0.2, 0.25) is 0 Å². The number of hydrogen-bond donors (Lipinski definition) is 0. The molecular weight excluding hydrogens is 400 g/mol. The molecule has 1 amide bonds. The Balaban J connectivity index is 1.93. The first-order valence-electron chi connectivity index (χ1n) is 7.96. The predicted molar refractivity (Wildman–Crippen MR) is 99.8 cm³/mol. The third-order valence-electron chi connectivity index (χ3n) is 4.36. The number of halogens is 3. The van der Waals surface area contributed by atoms with E-state index in [-0.39, 0.29) is 24.0 Å². The largest absolute Gasteiger partial charge is 0.330 e. The molecule has 1 aliphatic rings. The molecule has 2 aromatic rings. The minimum absolute atomic E-state index is 0.0409. The second kappa shape index (κ2) is 7.55. The molecule has 8 heteroatoms. The minimum atomic E-state index is -3.18. The maximum absolute atomic E-state index is 13.2. The van der Waals surface area contributed by atoms with Gasteiger partial charge in [-0.1, -0.05) is 29.3 Å². The first-order chi connectivity index (χ1) is 12.2. The monoisotopic (exact) mass is 415 g/mol. The van der Waals surface area contributed by atoms with Gasteiger partial charge in [-0.05, 0) is 48.4 Å². The van der Waals surface area contributed by atoms with Crippen LogP contribution in [0.1, 0.15) is 22.3 Å². The second-order valence-electron chi connectivity index (χ2n) is 6.23. The van der Waals surface area contributed by atoms with Crippen molar-refractivity contribution < 1.29 is 17.6 Å². The van der Waals surface area contributed by atoms with E-state index in [2.05, 4.69) is 0 Å². The standard InChI is InChI=1S/C18H16Cl2FNO3S/c19-14-4-1-13(17(20)9-14)10-22(16-7-8-26(24,25)11-16)18(23)12-2-5-15(21)6-3-12/h1-6,9,16H,7-8,10-11H2/t16-/m1/s1. The number of nitrogens with zero attached hydrogens (tertiary/aromatic N) is 1. The van der Waals surface area contributed by atoms with Crippen molar-refractivity contribution >= 4 is 38.9 Å². The molecule has 0 radical (unpaired) electrons. The molecule has 1 saturated heterocycles. The molecule has 2 aromatic carbocycles. The Morgan fingerprint density at radius 1 is 1.15 bits per heavy atom. The molecule has 0 unspecified atom stereocenters. The van der Waals surface area contributed by atoms with Crippen molar-refractivity contribution in [3.05, 3.63) is 69.5 Å². The zero-order valence-corrected chi connectivity index (χ0v) is 16.0. The Bertz CT molecular complexity index is 932. The van der Waals surface area contributed by atoms with Gasteiger partial charge in [0.1, 0.15) is 5.82 Å². The smallest absolute Gasteiger partial charge is 0.254 e. The summed E-state index contributed by atoms with van der Waals surface area (Å²) in [4.78, 5) is 14.5. The Morgan fingerprint density at radius 2 is 1.85 bits per heavy atom. The van der Waals surface area contributed by atoms with E-state index in [1.54, 1.807) is 18.2 Å². The summed E-state index contributed by atoms with van der Waals surface area (Å²) in [6.45, 7) is 0.145. The van der Waals surface area contributed by atoms with Crippen molar-refractivity contribution in [1.29, 1.82) is 0 Å². The molecule has 0 N–H and O–H groups in total. The fraction of sp³-hybridized carbons (Fsp3) is 0.278.